The van der Waals surface area contributed by atoms with Gasteiger partial charge in [0.05, 0.1) is 10.9 Å². The van der Waals surface area contributed by atoms with Gasteiger partial charge in [-0.15, -0.1) is 21.5 Å². The standard InChI is InChI=1S/C19H19N5O2S/c25-16(17-5-2-10-27-17)8-9-18(26)20-15-4-1-3-12-11-13(6-7-14(12)15)19-21-23-24-22-19/h2,5-7,10-11,15H,1,3-4,8-9H2,(H,20,26)(H,21,22,23,24). The van der Waals surface area contributed by atoms with E-state index in [-0.39, 0.29) is 30.6 Å². The Hall–Kier alpha value is -2.87. The van der Waals surface area contributed by atoms with E-state index in [1.807, 2.05) is 23.6 Å². The summed E-state index contributed by atoms with van der Waals surface area (Å²) in [6, 6.07) is 9.68. The van der Waals surface area contributed by atoms with Gasteiger partial charge in [-0.3, -0.25) is 9.59 Å². The van der Waals surface area contributed by atoms with Crippen LogP contribution in [0.3, 0.4) is 0 Å². The molecule has 1 atom stereocenters. The summed E-state index contributed by atoms with van der Waals surface area (Å²) in [4.78, 5) is 25.1. The third-order valence-electron chi connectivity index (χ3n) is 4.77. The van der Waals surface area contributed by atoms with E-state index >= 15 is 0 Å². The molecule has 2 N–H and O–H groups in total. The number of benzene rings is 1. The van der Waals surface area contributed by atoms with Crippen molar-refractivity contribution in [2.45, 2.75) is 38.1 Å². The van der Waals surface area contributed by atoms with Crippen molar-refractivity contribution in [3.8, 4) is 11.4 Å². The van der Waals surface area contributed by atoms with Crippen molar-refractivity contribution in [3.05, 3.63) is 51.7 Å². The summed E-state index contributed by atoms with van der Waals surface area (Å²) < 4.78 is 0. The second kappa shape index (κ2) is 7.79. The average Bonchev–Trinajstić information content (AvgIpc) is 3.39. The number of carbonyl (C=O) groups is 2. The zero-order chi connectivity index (χ0) is 18.6. The number of Topliss-reactive ketones (excluding diaryl/α,β-unsaturated/α-hetero) is 1. The minimum atomic E-state index is -0.0833. The summed E-state index contributed by atoms with van der Waals surface area (Å²) in [7, 11) is 0. The molecular formula is C19H19N5O2S. The van der Waals surface area contributed by atoms with E-state index in [1.54, 1.807) is 6.07 Å². The molecule has 138 valence electrons. The first-order chi connectivity index (χ1) is 13.2. The highest BCUT2D eigenvalue weighted by molar-refractivity contribution is 7.12. The molecule has 0 saturated carbocycles. The number of hydrogen-bond donors (Lipinski definition) is 2. The summed E-state index contributed by atoms with van der Waals surface area (Å²) in [5, 5.41) is 19.1. The number of carbonyl (C=O) groups excluding carboxylic acids is 2. The van der Waals surface area contributed by atoms with Gasteiger partial charge in [-0.2, -0.15) is 5.21 Å². The first-order valence-electron chi connectivity index (χ1n) is 8.93. The van der Waals surface area contributed by atoms with Crippen LogP contribution in [0.5, 0.6) is 0 Å². The Morgan fingerprint density at radius 1 is 1.26 bits per heavy atom. The van der Waals surface area contributed by atoms with Crippen LogP contribution in [0.1, 0.15) is 52.5 Å². The first kappa shape index (κ1) is 17.5. The second-order valence-corrected chi connectivity index (χ2v) is 7.51. The van der Waals surface area contributed by atoms with Crippen LogP contribution in [0, 0.1) is 0 Å². The number of nitrogens with one attached hydrogen (secondary N) is 2. The number of aryl methyl sites for hydroxylation is 1. The fourth-order valence-electron chi connectivity index (χ4n) is 3.44. The molecule has 1 amide bonds. The van der Waals surface area contributed by atoms with E-state index in [4.69, 9.17) is 0 Å². The van der Waals surface area contributed by atoms with Crippen molar-refractivity contribution in [2.75, 3.05) is 0 Å². The number of rotatable bonds is 6. The smallest absolute Gasteiger partial charge is 0.220 e. The third-order valence-corrected chi connectivity index (χ3v) is 5.68. The number of aromatic nitrogens is 4. The summed E-state index contributed by atoms with van der Waals surface area (Å²) >= 11 is 1.41. The van der Waals surface area contributed by atoms with Crippen LogP contribution >= 0.6 is 11.3 Å². The van der Waals surface area contributed by atoms with Crippen molar-refractivity contribution >= 4 is 23.0 Å². The van der Waals surface area contributed by atoms with Crippen molar-refractivity contribution in [1.82, 2.24) is 25.9 Å². The maximum atomic E-state index is 12.4. The van der Waals surface area contributed by atoms with Gasteiger partial charge < -0.3 is 5.32 Å². The maximum absolute atomic E-state index is 12.4. The molecule has 1 aromatic carbocycles. The van der Waals surface area contributed by atoms with Gasteiger partial charge >= 0.3 is 0 Å². The lowest BCUT2D eigenvalue weighted by atomic mass is 9.86. The molecule has 0 fully saturated rings. The molecule has 7 nitrogen and oxygen atoms in total. The number of tetrazole rings is 1. The van der Waals surface area contributed by atoms with Crippen molar-refractivity contribution in [3.63, 3.8) is 0 Å². The predicted molar refractivity (Wildman–Crippen MR) is 101 cm³/mol. The fraction of sp³-hybridized carbons (Fsp3) is 0.316. The highest BCUT2D eigenvalue weighted by Gasteiger charge is 2.23. The zero-order valence-corrected chi connectivity index (χ0v) is 15.5. The van der Waals surface area contributed by atoms with Gasteiger partial charge in [-0.05, 0) is 53.1 Å². The number of H-pyrrole nitrogens is 1. The van der Waals surface area contributed by atoms with Gasteiger partial charge in [-0.1, -0.05) is 18.2 Å². The third kappa shape index (κ3) is 3.95. The number of thiophene rings is 1. The Labute approximate surface area is 160 Å². The minimum Gasteiger partial charge on any atom is -0.349 e. The molecule has 0 radical (unpaired) electrons. The molecule has 2 heterocycles. The Bertz CT molecular complexity index is 937. The zero-order valence-electron chi connectivity index (χ0n) is 14.6. The van der Waals surface area contributed by atoms with Gasteiger partial charge in [0, 0.05) is 18.4 Å². The molecule has 2 aromatic heterocycles. The van der Waals surface area contributed by atoms with Crippen LogP contribution in [0.4, 0.5) is 0 Å². The molecule has 27 heavy (non-hydrogen) atoms. The van der Waals surface area contributed by atoms with Gasteiger partial charge in [0.1, 0.15) is 0 Å². The molecule has 1 unspecified atom stereocenters. The Morgan fingerprint density at radius 3 is 2.96 bits per heavy atom. The SMILES string of the molecule is O=C(CCC(=O)c1cccs1)NC1CCCc2cc(-c3nn[nH]n3)ccc21. The Morgan fingerprint density at radius 2 is 2.19 bits per heavy atom. The molecule has 8 heteroatoms. The quantitative estimate of drug-likeness (QED) is 0.639. The molecule has 0 bridgehead atoms. The van der Waals surface area contributed by atoms with Crippen molar-refractivity contribution in [1.29, 1.82) is 0 Å². The van der Waals surface area contributed by atoms with E-state index in [1.165, 1.54) is 16.9 Å². The van der Waals surface area contributed by atoms with E-state index in [9.17, 15) is 9.59 Å². The fourth-order valence-corrected chi connectivity index (χ4v) is 4.14. The lowest BCUT2D eigenvalue weighted by Crippen LogP contribution is -2.31. The Balaban J connectivity index is 1.40. The normalized spacial score (nSPS) is 15.9. The minimum absolute atomic E-state index is 0.0163. The van der Waals surface area contributed by atoms with Crippen molar-refractivity contribution < 1.29 is 9.59 Å². The van der Waals surface area contributed by atoms with Gasteiger partial charge in [-0.25, -0.2) is 0 Å². The molecule has 0 aliphatic heterocycles. The highest BCUT2D eigenvalue weighted by atomic mass is 32.1. The largest absolute Gasteiger partial charge is 0.349 e. The van der Waals surface area contributed by atoms with Gasteiger partial charge in [0.15, 0.2) is 5.78 Å². The number of fused-ring (bicyclic) bond motifs is 1. The lowest BCUT2D eigenvalue weighted by Gasteiger charge is -2.26. The molecule has 4 rings (SSSR count). The number of amides is 1. The van der Waals surface area contributed by atoms with E-state index in [2.05, 4.69) is 32.0 Å². The molecule has 0 saturated heterocycles. The van der Waals surface area contributed by atoms with Crippen LogP contribution in [-0.4, -0.2) is 32.3 Å². The van der Waals surface area contributed by atoms with E-state index < -0.39 is 0 Å². The molecule has 1 aliphatic carbocycles. The highest BCUT2D eigenvalue weighted by Crippen LogP contribution is 2.32. The number of hydrogen-bond acceptors (Lipinski definition) is 6. The summed E-state index contributed by atoms with van der Waals surface area (Å²) in [6.45, 7) is 0. The molecular weight excluding hydrogens is 362 g/mol. The number of aromatic amines is 1. The molecule has 3 aromatic rings. The monoisotopic (exact) mass is 381 g/mol. The van der Waals surface area contributed by atoms with Crippen LogP contribution in [0.2, 0.25) is 0 Å². The second-order valence-electron chi connectivity index (χ2n) is 6.56. The van der Waals surface area contributed by atoms with E-state index in [0.717, 1.165) is 30.4 Å². The maximum Gasteiger partial charge on any atom is 0.220 e. The molecule has 1 aliphatic rings. The Kier molecular flexibility index (Phi) is 5.06. The summed E-state index contributed by atoms with van der Waals surface area (Å²) in [5.74, 6) is 0.505. The number of ketones is 1. The first-order valence-corrected chi connectivity index (χ1v) is 9.81. The average molecular weight is 381 g/mol. The molecule has 0 spiro atoms. The van der Waals surface area contributed by atoms with Crippen LogP contribution in [0.25, 0.3) is 11.4 Å². The topological polar surface area (TPSA) is 101 Å². The summed E-state index contributed by atoms with van der Waals surface area (Å²) in [6.07, 6.45) is 3.32. The van der Waals surface area contributed by atoms with E-state index in [0.29, 0.717) is 10.7 Å². The van der Waals surface area contributed by atoms with Crippen LogP contribution in [-0.2, 0) is 11.2 Å². The van der Waals surface area contributed by atoms with Crippen molar-refractivity contribution in [2.24, 2.45) is 0 Å². The van der Waals surface area contributed by atoms with Crippen LogP contribution in [0.15, 0.2) is 35.7 Å². The van der Waals surface area contributed by atoms with Gasteiger partial charge in [0.25, 0.3) is 0 Å². The van der Waals surface area contributed by atoms with Crippen LogP contribution < -0.4 is 5.32 Å². The predicted octanol–water partition coefficient (Wildman–Crippen LogP) is 3.08. The lowest BCUT2D eigenvalue weighted by molar-refractivity contribution is -0.121. The van der Waals surface area contributed by atoms with Gasteiger partial charge in [0.2, 0.25) is 11.7 Å². The number of nitrogens with zero attached hydrogens (tertiary/aromatic N) is 3. The summed E-state index contributed by atoms with van der Waals surface area (Å²) in [5.41, 5.74) is 3.24.